The van der Waals surface area contributed by atoms with E-state index in [1.54, 1.807) is 11.8 Å². The Balaban J connectivity index is 3.85. The molecule has 0 aromatic rings. The summed E-state index contributed by atoms with van der Waals surface area (Å²) in [5.74, 6) is 1.71. The van der Waals surface area contributed by atoms with Gasteiger partial charge in [0, 0.05) is 23.6 Å². The molecule has 0 aromatic heterocycles. The molecule has 0 radical (unpaired) electrons. The van der Waals surface area contributed by atoms with E-state index in [2.05, 4.69) is 5.32 Å². The summed E-state index contributed by atoms with van der Waals surface area (Å²) in [4.78, 5) is 0. The van der Waals surface area contributed by atoms with Crippen LogP contribution in [0.5, 0.6) is 0 Å². The molecule has 0 bridgehead atoms. The van der Waals surface area contributed by atoms with Crippen LogP contribution in [0, 0.1) is 0 Å². The number of rotatable bonds is 9. The van der Waals surface area contributed by atoms with Gasteiger partial charge < -0.3 is 10.4 Å². The van der Waals surface area contributed by atoms with Crippen molar-refractivity contribution in [3.05, 3.63) is 0 Å². The third-order valence-corrected chi connectivity index (χ3v) is 4.57. The van der Waals surface area contributed by atoms with Gasteiger partial charge in [0.05, 0.1) is 12.4 Å². The Hall–Kier alpha value is 0.220. The van der Waals surface area contributed by atoms with E-state index in [0.29, 0.717) is 11.8 Å². The number of nitrogens with one attached hydrogen (secondary N) is 1. The van der Waals surface area contributed by atoms with Gasteiger partial charge in [0.1, 0.15) is 9.84 Å². The molecule has 0 saturated heterocycles. The van der Waals surface area contributed by atoms with Crippen LogP contribution in [0.3, 0.4) is 0 Å². The molecule has 0 aromatic carbocycles. The summed E-state index contributed by atoms with van der Waals surface area (Å²) in [5, 5.41) is 12.7. The highest BCUT2D eigenvalue weighted by Gasteiger charge is 2.23. The van der Waals surface area contributed by atoms with Crippen LogP contribution in [0.15, 0.2) is 0 Å². The predicted octanol–water partition coefficient (Wildman–Crippen LogP) is 0.903. The summed E-state index contributed by atoms with van der Waals surface area (Å²) in [5.41, 5.74) is -0.272. The fourth-order valence-corrected chi connectivity index (χ4v) is 3.98. The summed E-state index contributed by atoms with van der Waals surface area (Å²) >= 11 is 1.62. The normalized spacial score (nSPS) is 16.1. The smallest absolute Gasteiger partial charge is 0.148 e. The molecule has 0 aliphatic carbocycles. The molecule has 0 fully saturated rings. The van der Waals surface area contributed by atoms with Gasteiger partial charge in [-0.05, 0) is 19.1 Å². The lowest BCUT2D eigenvalue weighted by molar-refractivity contribution is 0.162. The van der Waals surface area contributed by atoms with Crippen LogP contribution in [0.25, 0.3) is 0 Å². The lowest BCUT2D eigenvalue weighted by Crippen LogP contribution is -2.49. The van der Waals surface area contributed by atoms with Crippen LogP contribution in [0.4, 0.5) is 0 Å². The molecule has 0 amide bonds. The molecule has 0 aliphatic heterocycles. The van der Waals surface area contributed by atoms with Gasteiger partial charge in [0.15, 0.2) is 0 Å². The van der Waals surface area contributed by atoms with Gasteiger partial charge in [-0.25, -0.2) is 8.42 Å². The molecule has 4 nitrogen and oxygen atoms in total. The Labute approximate surface area is 109 Å². The first kappa shape index (κ1) is 17.2. The topological polar surface area (TPSA) is 66.4 Å². The lowest BCUT2D eigenvalue weighted by atomic mass is 9.99. The van der Waals surface area contributed by atoms with E-state index in [1.165, 1.54) is 6.26 Å². The van der Waals surface area contributed by atoms with Crippen LogP contribution in [0.1, 0.15) is 27.2 Å². The van der Waals surface area contributed by atoms with Gasteiger partial charge in [-0.3, -0.25) is 0 Å². The van der Waals surface area contributed by atoms with Crippen molar-refractivity contribution in [2.24, 2.45) is 0 Å². The highest BCUT2D eigenvalue weighted by molar-refractivity contribution is 8.00. The van der Waals surface area contributed by atoms with Crippen molar-refractivity contribution in [3.8, 4) is 0 Å². The van der Waals surface area contributed by atoms with Crippen molar-refractivity contribution in [2.75, 3.05) is 30.1 Å². The van der Waals surface area contributed by atoms with Crippen molar-refractivity contribution in [1.29, 1.82) is 0 Å². The maximum atomic E-state index is 10.9. The fourth-order valence-electron chi connectivity index (χ4n) is 1.50. The first-order valence-electron chi connectivity index (χ1n) is 5.82. The minimum absolute atomic E-state index is 0.0951. The average molecular weight is 283 g/mol. The van der Waals surface area contributed by atoms with Crippen LogP contribution in [-0.4, -0.2) is 55.2 Å². The first-order chi connectivity index (χ1) is 7.68. The quantitative estimate of drug-likeness (QED) is 0.616. The summed E-state index contributed by atoms with van der Waals surface area (Å²) in [6.07, 6.45) is 2.09. The maximum Gasteiger partial charge on any atom is 0.148 e. The standard InChI is InChI=1S/C11H25NO3S2/c1-10(2)12-11(3,9-13)5-6-16-7-8-17(4,14)15/h10,12-13H,5-9H2,1-4H3. The molecule has 6 heteroatoms. The molecule has 2 N–H and O–H groups in total. The number of hydrogen-bond donors (Lipinski definition) is 2. The van der Waals surface area contributed by atoms with E-state index in [1.807, 2.05) is 20.8 Å². The predicted molar refractivity (Wildman–Crippen MR) is 75.4 cm³/mol. The van der Waals surface area contributed by atoms with Crippen LogP contribution in [0.2, 0.25) is 0 Å². The van der Waals surface area contributed by atoms with Gasteiger partial charge in [0.2, 0.25) is 0 Å². The summed E-state index contributed by atoms with van der Waals surface area (Å²) in [6.45, 7) is 6.18. The molecular weight excluding hydrogens is 258 g/mol. The molecule has 0 rings (SSSR count). The average Bonchev–Trinajstić information content (AvgIpc) is 2.14. The third kappa shape index (κ3) is 9.88. The molecule has 0 heterocycles. The minimum atomic E-state index is -2.85. The number of sulfone groups is 1. The SMILES string of the molecule is CC(C)NC(C)(CO)CCSCCS(C)(=O)=O. The van der Waals surface area contributed by atoms with Crippen LogP contribution < -0.4 is 5.32 Å². The zero-order valence-corrected chi connectivity index (χ0v) is 12.8. The minimum Gasteiger partial charge on any atom is -0.394 e. The number of aliphatic hydroxyl groups is 1. The van der Waals surface area contributed by atoms with Gasteiger partial charge in [-0.1, -0.05) is 13.8 Å². The largest absolute Gasteiger partial charge is 0.394 e. The van der Waals surface area contributed by atoms with Crippen LogP contribution >= 0.6 is 11.8 Å². The summed E-state index contributed by atoms with van der Waals surface area (Å²) < 4.78 is 21.9. The van der Waals surface area contributed by atoms with E-state index >= 15 is 0 Å². The van der Waals surface area contributed by atoms with Crippen molar-refractivity contribution < 1.29 is 13.5 Å². The Morgan fingerprint density at radius 2 is 1.94 bits per heavy atom. The first-order valence-corrected chi connectivity index (χ1v) is 9.04. The van der Waals surface area contributed by atoms with E-state index in [0.717, 1.165) is 12.2 Å². The van der Waals surface area contributed by atoms with Crippen molar-refractivity contribution in [1.82, 2.24) is 5.32 Å². The molecule has 104 valence electrons. The van der Waals surface area contributed by atoms with Gasteiger partial charge >= 0.3 is 0 Å². The van der Waals surface area contributed by atoms with Gasteiger partial charge in [-0.2, -0.15) is 11.8 Å². The second-order valence-corrected chi connectivity index (χ2v) is 8.49. The molecule has 17 heavy (non-hydrogen) atoms. The lowest BCUT2D eigenvalue weighted by Gasteiger charge is -2.31. The highest BCUT2D eigenvalue weighted by Crippen LogP contribution is 2.15. The molecule has 0 spiro atoms. The Kier molecular flexibility index (Phi) is 7.71. The van der Waals surface area contributed by atoms with Crippen molar-refractivity contribution in [3.63, 3.8) is 0 Å². The highest BCUT2D eigenvalue weighted by atomic mass is 32.2. The molecule has 0 saturated carbocycles. The number of hydrogen-bond acceptors (Lipinski definition) is 5. The molecule has 1 atom stereocenters. The van der Waals surface area contributed by atoms with Crippen molar-refractivity contribution >= 4 is 21.6 Å². The number of thioether (sulfide) groups is 1. The van der Waals surface area contributed by atoms with E-state index in [4.69, 9.17) is 0 Å². The Morgan fingerprint density at radius 3 is 2.35 bits per heavy atom. The number of aliphatic hydroxyl groups excluding tert-OH is 1. The Bertz CT molecular complexity index is 304. The molecule has 1 unspecified atom stereocenters. The zero-order chi connectivity index (χ0) is 13.5. The third-order valence-electron chi connectivity index (χ3n) is 2.38. The zero-order valence-electron chi connectivity index (χ0n) is 11.2. The van der Waals surface area contributed by atoms with Crippen molar-refractivity contribution in [2.45, 2.75) is 38.8 Å². The van der Waals surface area contributed by atoms with Gasteiger partial charge in [-0.15, -0.1) is 0 Å². The van der Waals surface area contributed by atoms with Crippen LogP contribution in [-0.2, 0) is 9.84 Å². The van der Waals surface area contributed by atoms with E-state index in [-0.39, 0.29) is 17.9 Å². The second kappa shape index (κ2) is 7.61. The second-order valence-electron chi connectivity index (χ2n) is 5.01. The van der Waals surface area contributed by atoms with Gasteiger partial charge in [0.25, 0.3) is 0 Å². The molecular formula is C11H25NO3S2. The van der Waals surface area contributed by atoms with E-state index < -0.39 is 9.84 Å². The monoisotopic (exact) mass is 283 g/mol. The van der Waals surface area contributed by atoms with E-state index in [9.17, 15) is 13.5 Å². The summed E-state index contributed by atoms with van der Waals surface area (Å²) in [7, 11) is -2.85. The maximum absolute atomic E-state index is 10.9. The summed E-state index contributed by atoms with van der Waals surface area (Å²) in [6, 6.07) is 0.327. The Morgan fingerprint density at radius 1 is 1.35 bits per heavy atom. The fraction of sp³-hybridized carbons (Fsp3) is 1.00. The molecule has 0 aliphatic rings.